The fourth-order valence-corrected chi connectivity index (χ4v) is 1.56. The van der Waals surface area contributed by atoms with Crippen LogP contribution < -0.4 is 0 Å². The summed E-state index contributed by atoms with van der Waals surface area (Å²) in [7, 11) is -0.117. The topological polar surface area (TPSA) is 25.8 Å². The van der Waals surface area contributed by atoms with E-state index in [0.717, 1.165) is 10.7 Å². The summed E-state index contributed by atoms with van der Waals surface area (Å²) in [6.07, 6.45) is 4.38. The molecule has 0 radical (unpaired) electrons. The molecule has 0 aliphatic rings. The number of thiol groups is 1. The smallest absolute Gasteiger partial charge is 0.0988 e. The van der Waals surface area contributed by atoms with E-state index in [2.05, 4.69) is 55.6 Å². The van der Waals surface area contributed by atoms with Crippen LogP contribution in [0.15, 0.2) is 17.2 Å². The third-order valence-corrected chi connectivity index (χ3v) is 3.03. The fourth-order valence-electron chi connectivity index (χ4n) is 0.964. The van der Waals surface area contributed by atoms with Gasteiger partial charge < -0.3 is 0 Å². The normalized spacial score (nSPS) is 12.8. The van der Waals surface area contributed by atoms with E-state index < -0.39 is 0 Å². The molecule has 0 saturated carbocycles. The van der Waals surface area contributed by atoms with E-state index in [1.165, 1.54) is 0 Å². The SMILES string of the molecule is C[SH](C)c1ccc(C(C)(C)C)nn1. The highest BCUT2D eigenvalue weighted by Crippen LogP contribution is 2.26. The average molecular weight is 198 g/mol. The zero-order valence-corrected chi connectivity index (χ0v) is 9.89. The molecular formula is C10H18N2S. The maximum absolute atomic E-state index is 4.24. The van der Waals surface area contributed by atoms with Gasteiger partial charge in [0.05, 0.1) is 10.7 Å². The molecule has 0 fully saturated rings. The molecule has 1 aromatic heterocycles. The molecule has 2 nitrogen and oxygen atoms in total. The summed E-state index contributed by atoms with van der Waals surface area (Å²) >= 11 is 0. The third-order valence-electron chi connectivity index (χ3n) is 1.88. The van der Waals surface area contributed by atoms with Crippen molar-refractivity contribution in [3.8, 4) is 0 Å². The second-order valence-corrected chi connectivity index (χ2v) is 6.67. The van der Waals surface area contributed by atoms with Crippen molar-refractivity contribution in [1.29, 1.82) is 0 Å². The van der Waals surface area contributed by atoms with Crippen molar-refractivity contribution in [2.75, 3.05) is 12.5 Å². The molecule has 0 atom stereocenters. The Morgan fingerprint density at radius 3 is 2.00 bits per heavy atom. The van der Waals surface area contributed by atoms with E-state index in [0.29, 0.717) is 0 Å². The van der Waals surface area contributed by atoms with Gasteiger partial charge >= 0.3 is 0 Å². The molecule has 0 aliphatic carbocycles. The van der Waals surface area contributed by atoms with Crippen LogP contribution in [0.1, 0.15) is 26.5 Å². The summed E-state index contributed by atoms with van der Waals surface area (Å²) in [5.41, 5.74) is 1.17. The van der Waals surface area contributed by atoms with Gasteiger partial charge in [-0.15, -0.1) is 5.10 Å². The average Bonchev–Trinajstić information content (AvgIpc) is 2.03. The summed E-state index contributed by atoms with van der Waals surface area (Å²) in [5.74, 6) is 0. The van der Waals surface area contributed by atoms with E-state index >= 15 is 0 Å². The van der Waals surface area contributed by atoms with Crippen LogP contribution in [0.3, 0.4) is 0 Å². The maximum Gasteiger partial charge on any atom is 0.0988 e. The third kappa shape index (κ3) is 2.69. The zero-order chi connectivity index (χ0) is 10.1. The van der Waals surface area contributed by atoms with Gasteiger partial charge in [0.1, 0.15) is 0 Å². The molecular weight excluding hydrogens is 180 g/mol. The number of hydrogen-bond acceptors (Lipinski definition) is 2. The molecule has 0 unspecified atom stereocenters. The summed E-state index contributed by atoms with van der Waals surface area (Å²) in [6.45, 7) is 6.45. The molecule has 0 N–H and O–H groups in total. The summed E-state index contributed by atoms with van der Waals surface area (Å²) in [6, 6.07) is 4.18. The maximum atomic E-state index is 4.24. The molecule has 1 heterocycles. The minimum Gasteiger partial charge on any atom is -0.214 e. The van der Waals surface area contributed by atoms with Gasteiger partial charge in [-0.2, -0.15) is 5.10 Å². The predicted octanol–water partition coefficient (Wildman–Crippen LogP) is 2.39. The Bertz CT molecular complexity index is 272. The van der Waals surface area contributed by atoms with Crippen molar-refractivity contribution in [1.82, 2.24) is 10.2 Å². The van der Waals surface area contributed by atoms with E-state index in [1.807, 2.05) is 0 Å². The lowest BCUT2D eigenvalue weighted by Crippen LogP contribution is -2.14. The molecule has 3 heteroatoms. The zero-order valence-electron chi connectivity index (χ0n) is 9.00. The second-order valence-electron chi connectivity index (χ2n) is 4.42. The minimum absolute atomic E-state index is 0.107. The quantitative estimate of drug-likeness (QED) is 0.701. The van der Waals surface area contributed by atoms with Crippen molar-refractivity contribution < 1.29 is 0 Å². The van der Waals surface area contributed by atoms with Crippen LogP contribution in [-0.4, -0.2) is 22.7 Å². The summed E-state index contributed by atoms with van der Waals surface area (Å²) < 4.78 is 0. The van der Waals surface area contributed by atoms with Crippen molar-refractivity contribution in [3.63, 3.8) is 0 Å². The first kappa shape index (κ1) is 10.5. The Morgan fingerprint density at radius 2 is 1.69 bits per heavy atom. The van der Waals surface area contributed by atoms with E-state index in [9.17, 15) is 0 Å². The Labute approximate surface area is 83.1 Å². The van der Waals surface area contributed by atoms with Gasteiger partial charge in [-0.05, 0) is 24.6 Å². The van der Waals surface area contributed by atoms with Gasteiger partial charge in [0.2, 0.25) is 0 Å². The van der Waals surface area contributed by atoms with E-state index in [1.54, 1.807) is 0 Å². The van der Waals surface area contributed by atoms with Crippen LogP contribution >= 0.6 is 10.9 Å². The lowest BCUT2D eigenvalue weighted by Gasteiger charge is -2.17. The Kier molecular flexibility index (Phi) is 2.96. The van der Waals surface area contributed by atoms with Crippen LogP contribution in [0.2, 0.25) is 0 Å². The van der Waals surface area contributed by atoms with Gasteiger partial charge in [0.25, 0.3) is 0 Å². The van der Waals surface area contributed by atoms with Crippen molar-refractivity contribution in [2.45, 2.75) is 31.2 Å². The lowest BCUT2D eigenvalue weighted by atomic mass is 9.92. The van der Waals surface area contributed by atoms with E-state index in [-0.39, 0.29) is 16.3 Å². The van der Waals surface area contributed by atoms with Gasteiger partial charge in [-0.3, -0.25) is 0 Å². The highest BCUT2D eigenvalue weighted by Gasteiger charge is 2.15. The first-order chi connectivity index (χ1) is 5.91. The van der Waals surface area contributed by atoms with Crippen LogP contribution in [0.5, 0.6) is 0 Å². The molecule has 1 rings (SSSR count). The monoisotopic (exact) mass is 198 g/mol. The Hall–Kier alpha value is -0.570. The first-order valence-electron chi connectivity index (χ1n) is 4.43. The Morgan fingerprint density at radius 1 is 1.08 bits per heavy atom. The standard InChI is InChI=1S/C10H18N2S/c1-10(2,3)8-6-7-9(12-11-8)13(4)5/h6-7,13H,1-5H3. The molecule has 0 aromatic carbocycles. The molecule has 1 aromatic rings. The lowest BCUT2D eigenvalue weighted by molar-refractivity contribution is 0.554. The van der Waals surface area contributed by atoms with Crippen LogP contribution in [0, 0.1) is 0 Å². The molecule has 0 spiro atoms. The largest absolute Gasteiger partial charge is 0.214 e. The number of aromatic nitrogens is 2. The van der Waals surface area contributed by atoms with Gasteiger partial charge in [0, 0.05) is 5.41 Å². The highest BCUT2D eigenvalue weighted by molar-refractivity contribution is 8.15. The molecule has 0 amide bonds. The van der Waals surface area contributed by atoms with Gasteiger partial charge in [-0.1, -0.05) is 20.8 Å². The number of rotatable bonds is 1. The van der Waals surface area contributed by atoms with E-state index in [4.69, 9.17) is 0 Å². The van der Waals surface area contributed by atoms with Gasteiger partial charge in [-0.25, -0.2) is 10.9 Å². The molecule has 74 valence electrons. The Balaban J connectivity index is 2.94. The summed E-state index contributed by atoms with van der Waals surface area (Å²) in [5, 5.41) is 9.59. The molecule has 13 heavy (non-hydrogen) atoms. The molecule has 0 saturated heterocycles. The minimum atomic E-state index is -0.117. The highest BCUT2D eigenvalue weighted by atomic mass is 32.2. The van der Waals surface area contributed by atoms with Crippen molar-refractivity contribution in [2.24, 2.45) is 0 Å². The molecule has 0 aliphatic heterocycles. The number of nitrogens with zero attached hydrogens (tertiary/aromatic N) is 2. The molecule has 0 bridgehead atoms. The van der Waals surface area contributed by atoms with Crippen molar-refractivity contribution in [3.05, 3.63) is 17.8 Å². The van der Waals surface area contributed by atoms with Crippen LogP contribution in [-0.2, 0) is 5.41 Å². The van der Waals surface area contributed by atoms with Crippen molar-refractivity contribution >= 4 is 10.9 Å². The second kappa shape index (κ2) is 3.66. The summed E-state index contributed by atoms with van der Waals surface area (Å²) in [4.78, 5) is 0. The predicted molar refractivity (Wildman–Crippen MR) is 59.8 cm³/mol. The van der Waals surface area contributed by atoms with Crippen LogP contribution in [0.4, 0.5) is 0 Å². The van der Waals surface area contributed by atoms with Crippen LogP contribution in [0.25, 0.3) is 0 Å². The number of hydrogen-bond donors (Lipinski definition) is 1. The first-order valence-corrected chi connectivity index (χ1v) is 6.66. The fraction of sp³-hybridized carbons (Fsp3) is 0.600. The van der Waals surface area contributed by atoms with Gasteiger partial charge in [0.15, 0.2) is 0 Å².